The zero-order valence-corrected chi connectivity index (χ0v) is 9.71. The normalized spacial score (nSPS) is 9.07. The van der Waals surface area contributed by atoms with Crippen molar-refractivity contribution in [3.05, 3.63) is 9.14 Å². The highest BCUT2D eigenvalue weighted by Crippen LogP contribution is 2.15. The molecule has 8 heteroatoms. The lowest BCUT2D eigenvalue weighted by Gasteiger charge is -1.96. The molecular weight excluding hydrogens is 248 g/mol. The molecule has 0 aliphatic carbocycles. The smallest absolute Gasteiger partial charge is 0.343 e. The number of carbonyl (C=O) groups is 1. The summed E-state index contributed by atoms with van der Waals surface area (Å²) in [5, 5.41) is 32.1. The Labute approximate surface area is 97.7 Å². The number of aliphatic carboxylic acids is 1. The Kier molecular flexibility index (Phi) is 11.5. The second kappa shape index (κ2) is 9.69. The SMILES string of the molecule is O=C(O)C(S)=C(S)S.OCC(O)CO. The summed E-state index contributed by atoms with van der Waals surface area (Å²) in [7, 11) is 0. The van der Waals surface area contributed by atoms with E-state index in [0.29, 0.717) is 0 Å². The topological polar surface area (TPSA) is 98.0 Å². The molecule has 0 saturated carbocycles. The van der Waals surface area contributed by atoms with Crippen LogP contribution in [0.1, 0.15) is 0 Å². The van der Waals surface area contributed by atoms with Crippen LogP contribution in [-0.4, -0.2) is 45.7 Å². The molecule has 0 amide bonds. The number of rotatable bonds is 3. The summed E-state index contributed by atoms with van der Waals surface area (Å²) < 4.78 is 0.112. The van der Waals surface area contributed by atoms with Crippen LogP contribution in [0.2, 0.25) is 0 Å². The molecule has 0 unspecified atom stereocenters. The Balaban J connectivity index is 0. The highest BCUT2D eigenvalue weighted by molar-refractivity contribution is 8.06. The van der Waals surface area contributed by atoms with Gasteiger partial charge in [0.05, 0.1) is 17.5 Å². The minimum absolute atomic E-state index is 0.112. The van der Waals surface area contributed by atoms with E-state index in [1.165, 1.54) is 0 Å². The van der Waals surface area contributed by atoms with Crippen LogP contribution in [-0.2, 0) is 4.79 Å². The van der Waals surface area contributed by atoms with E-state index in [-0.39, 0.29) is 22.4 Å². The van der Waals surface area contributed by atoms with Crippen molar-refractivity contribution in [3.8, 4) is 0 Å². The van der Waals surface area contributed by atoms with Gasteiger partial charge in [0.2, 0.25) is 0 Å². The van der Waals surface area contributed by atoms with Crippen molar-refractivity contribution in [1.82, 2.24) is 0 Å². The Bertz CT molecular complexity index is 198. The Hall–Kier alpha value is 0.140. The summed E-state index contributed by atoms with van der Waals surface area (Å²) in [6.07, 6.45) is -0.954. The maximum absolute atomic E-state index is 9.91. The Morgan fingerprint density at radius 1 is 1.14 bits per heavy atom. The third-order valence-corrected chi connectivity index (χ3v) is 2.05. The van der Waals surface area contributed by atoms with Crippen LogP contribution < -0.4 is 0 Å². The first kappa shape index (κ1) is 16.6. The number of hydrogen-bond acceptors (Lipinski definition) is 7. The van der Waals surface area contributed by atoms with Crippen molar-refractivity contribution in [2.75, 3.05) is 13.2 Å². The lowest BCUT2D eigenvalue weighted by Crippen LogP contribution is -2.15. The zero-order valence-electron chi connectivity index (χ0n) is 7.03. The number of carboxylic acid groups (broad SMARTS) is 1. The van der Waals surface area contributed by atoms with E-state index >= 15 is 0 Å². The molecule has 0 radical (unpaired) electrons. The first-order valence-electron chi connectivity index (χ1n) is 3.31. The fraction of sp³-hybridized carbons (Fsp3) is 0.500. The lowest BCUT2D eigenvalue weighted by atomic mass is 10.4. The van der Waals surface area contributed by atoms with Crippen molar-refractivity contribution in [3.63, 3.8) is 0 Å². The molecule has 0 rings (SSSR count). The fourth-order valence-corrected chi connectivity index (χ4v) is 0.345. The van der Waals surface area contributed by atoms with Crippen LogP contribution in [0.3, 0.4) is 0 Å². The van der Waals surface area contributed by atoms with Gasteiger partial charge in [-0.2, -0.15) is 0 Å². The average molecular weight is 260 g/mol. The van der Waals surface area contributed by atoms with Crippen LogP contribution in [0.4, 0.5) is 0 Å². The molecule has 0 atom stereocenters. The first-order valence-corrected chi connectivity index (χ1v) is 4.65. The monoisotopic (exact) mass is 260 g/mol. The lowest BCUT2D eigenvalue weighted by molar-refractivity contribution is -0.131. The van der Waals surface area contributed by atoms with Gasteiger partial charge in [-0.15, -0.1) is 37.9 Å². The van der Waals surface area contributed by atoms with E-state index in [1.807, 2.05) is 0 Å². The van der Waals surface area contributed by atoms with E-state index < -0.39 is 12.1 Å². The van der Waals surface area contributed by atoms with Crippen molar-refractivity contribution in [2.24, 2.45) is 0 Å². The van der Waals surface area contributed by atoms with Gasteiger partial charge in [0.25, 0.3) is 0 Å². The van der Waals surface area contributed by atoms with Crippen molar-refractivity contribution in [2.45, 2.75) is 6.10 Å². The van der Waals surface area contributed by atoms with Crippen LogP contribution in [0, 0.1) is 0 Å². The number of aliphatic hydroxyl groups excluding tert-OH is 3. The summed E-state index contributed by atoms with van der Waals surface area (Å²) >= 11 is 10.8. The molecule has 0 aliphatic rings. The highest BCUT2D eigenvalue weighted by atomic mass is 32.2. The van der Waals surface area contributed by atoms with Gasteiger partial charge < -0.3 is 20.4 Å². The zero-order chi connectivity index (χ0) is 11.7. The first-order chi connectivity index (χ1) is 6.36. The molecule has 0 saturated heterocycles. The minimum atomic E-state index is -1.12. The quantitative estimate of drug-likeness (QED) is 0.270. The third-order valence-electron chi connectivity index (χ3n) is 0.836. The second-order valence-electron chi connectivity index (χ2n) is 2.00. The van der Waals surface area contributed by atoms with E-state index in [9.17, 15) is 4.79 Å². The molecule has 84 valence electrons. The third kappa shape index (κ3) is 10.2. The van der Waals surface area contributed by atoms with Crippen LogP contribution in [0.25, 0.3) is 0 Å². The largest absolute Gasteiger partial charge is 0.477 e. The van der Waals surface area contributed by atoms with Gasteiger partial charge in [0.15, 0.2) is 0 Å². The van der Waals surface area contributed by atoms with Gasteiger partial charge in [-0.05, 0) is 0 Å². The summed E-state index contributed by atoms with van der Waals surface area (Å²) in [6.45, 7) is -0.729. The molecule has 5 nitrogen and oxygen atoms in total. The summed E-state index contributed by atoms with van der Waals surface area (Å²) in [6, 6.07) is 0. The van der Waals surface area contributed by atoms with E-state index in [2.05, 4.69) is 37.9 Å². The predicted octanol–water partition coefficient (Wildman–Crippen LogP) is -0.639. The highest BCUT2D eigenvalue weighted by Gasteiger charge is 2.02. The van der Waals surface area contributed by atoms with Crippen LogP contribution >= 0.6 is 37.9 Å². The molecule has 4 N–H and O–H groups in total. The maximum atomic E-state index is 9.91. The molecule has 0 bridgehead atoms. The molecule has 0 heterocycles. The molecule has 0 aliphatic heterocycles. The number of thiol groups is 3. The van der Waals surface area contributed by atoms with Crippen molar-refractivity contribution >= 4 is 43.9 Å². The average Bonchev–Trinajstić information content (AvgIpc) is 2.15. The van der Waals surface area contributed by atoms with Gasteiger partial charge in [0, 0.05) is 0 Å². The Morgan fingerprint density at radius 3 is 1.50 bits per heavy atom. The van der Waals surface area contributed by atoms with E-state index in [4.69, 9.17) is 20.4 Å². The van der Waals surface area contributed by atoms with Crippen molar-refractivity contribution < 1.29 is 25.2 Å². The molecule has 0 aromatic heterocycles. The molecule has 0 aromatic rings. The molecule has 0 fully saturated rings. The standard InChI is InChI=1S/C3H8O3.C3H4O2S3/c4-1-3(6)2-5;4-2(5)1(6)3(7)8/h3-6H,1-2H2;6-8H,(H,4,5). The van der Waals surface area contributed by atoms with Gasteiger partial charge in [0.1, 0.15) is 11.0 Å². The summed E-state index contributed by atoms with van der Waals surface area (Å²) in [5.41, 5.74) is 0. The molecule has 14 heavy (non-hydrogen) atoms. The van der Waals surface area contributed by atoms with Crippen molar-refractivity contribution in [1.29, 1.82) is 0 Å². The van der Waals surface area contributed by atoms with Gasteiger partial charge in [-0.3, -0.25) is 0 Å². The number of aliphatic hydroxyl groups is 3. The van der Waals surface area contributed by atoms with Gasteiger partial charge >= 0.3 is 5.97 Å². The molecule has 0 aromatic carbocycles. The Morgan fingerprint density at radius 2 is 1.50 bits per heavy atom. The summed E-state index contributed by atoms with van der Waals surface area (Å²) in [5.74, 6) is -1.12. The number of carboxylic acids is 1. The van der Waals surface area contributed by atoms with Gasteiger partial charge in [-0.1, -0.05) is 0 Å². The predicted molar refractivity (Wildman–Crippen MR) is 61.8 cm³/mol. The molecular formula is C6H12O5S3. The number of hydrogen-bond donors (Lipinski definition) is 7. The van der Waals surface area contributed by atoms with Crippen LogP contribution in [0.5, 0.6) is 0 Å². The second-order valence-corrected chi connectivity index (χ2v) is 3.69. The van der Waals surface area contributed by atoms with E-state index in [0.717, 1.165) is 0 Å². The maximum Gasteiger partial charge on any atom is 0.343 e. The summed E-state index contributed by atoms with van der Waals surface area (Å²) in [4.78, 5) is 9.77. The molecule has 0 spiro atoms. The minimum Gasteiger partial charge on any atom is -0.477 e. The van der Waals surface area contributed by atoms with Gasteiger partial charge in [-0.25, -0.2) is 4.79 Å². The van der Waals surface area contributed by atoms with Crippen LogP contribution in [0.15, 0.2) is 9.14 Å². The fourth-order valence-electron chi connectivity index (χ4n) is 0.153. The van der Waals surface area contributed by atoms with E-state index in [1.54, 1.807) is 0 Å².